The SMILES string of the molecule is CCNC(=O)NNC(=O)Nc1ccccc1. The van der Waals surface area contributed by atoms with Crippen molar-refractivity contribution in [3.8, 4) is 0 Å². The lowest BCUT2D eigenvalue weighted by Gasteiger charge is -2.08. The minimum atomic E-state index is -0.502. The molecule has 86 valence electrons. The molecule has 0 unspecified atom stereocenters. The molecule has 4 amide bonds. The average molecular weight is 222 g/mol. The number of nitrogens with one attached hydrogen (secondary N) is 4. The lowest BCUT2D eigenvalue weighted by Crippen LogP contribution is -2.48. The van der Waals surface area contributed by atoms with E-state index in [9.17, 15) is 9.59 Å². The zero-order valence-electron chi connectivity index (χ0n) is 8.91. The van der Waals surface area contributed by atoms with Crippen LogP contribution in [0.5, 0.6) is 0 Å². The van der Waals surface area contributed by atoms with Gasteiger partial charge in [0.2, 0.25) is 0 Å². The maximum absolute atomic E-state index is 11.3. The van der Waals surface area contributed by atoms with E-state index in [0.717, 1.165) is 0 Å². The Morgan fingerprint density at radius 2 is 1.69 bits per heavy atom. The van der Waals surface area contributed by atoms with Crippen LogP contribution in [0, 0.1) is 0 Å². The van der Waals surface area contributed by atoms with E-state index >= 15 is 0 Å². The number of hydrazine groups is 1. The van der Waals surface area contributed by atoms with Crippen LogP contribution in [-0.2, 0) is 0 Å². The number of rotatable bonds is 2. The van der Waals surface area contributed by atoms with Crippen LogP contribution in [0.25, 0.3) is 0 Å². The molecular weight excluding hydrogens is 208 g/mol. The van der Waals surface area contributed by atoms with Crippen LogP contribution in [0.2, 0.25) is 0 Å². The van der Waals surface area contributed by atoms with Crippen LogP contribution in [0.15, 0.2) is 30.3 Å². The molecule has 0 bridgehead atoms. The zero-order chi connectivity index (χ0) is 11.8. The Balaban J connectivity index is 2.29. The summed E-state index contributed by atoms with van der Waals surface area (Å²) in [6.07, 6.45) is 0. The maximum Gasteiger partial charge on any atom is 0.337 e. The highest BCUT2D eigenvalue weighted by Crippen LogP contribution is 2.03. The molecule has 4 N–H and O–H groups in total. The molecule has 0 aliphatic rings. The molecule has 0 heterocycles. The molecule has 1 rings (SSSR count). The third kappa shape index (κ3) is 4.32. The van der Waals surface area contributed by atoms with Crippen LogP contribution in [0.1, 0.15) is 6.92 Å². The molecule has 0 aromatic heterocycles. The summed E-state index contributed by atoms with van der Waals surface area (Å²) in [5.41, 5.74) is 5.05. The number of para-hydroxylation sites is 1. The van der Waals surface area contributed by atoms with Crippen molar-refractivity contribution in [2.75, 3.05) is 11.9 Å². The van der Waals surface area contributed by atoms with Crippen LogP contribution < -0.4 is 21.5 Å². The molecule has 0 atom stereocenters. The number of benzene rings is 1. The third-order valence-electron chi connectivity index (χ3n) is 1.66. The first kappa shape index (κ1) is 11.8. The number of carbonyl (C=O) groups excluding carboxylic acids is 2. The second-order valence-electron chi connectivity index (χ2n) is 2.93. The molecule has 6 heteroatoms. The van der Waals surface area contributed by atoms with Gasteiger partial charge in [0.05, 0.1) is 0 Å². The number of amides is 4. The van der Waals surface area contributed by atoms with Crippen molar-refractivity contribution in [1.82, 2.24) is 16.2 Å². The minimum absolute atomic E-state index is 0.453. The van der Waals surface area contributed by atoms with Crippen molar-refractivity contribution >= 4 is 17.7 Å². The predicted molar refractivity (Wildman–Crippen MR) is 60.8 cm³/mol. The number of carbonyl (C=O) groups is 2. The van der Waals surface area contributed by atoms with E-state index < -0.39 is 12.1 Å². The zero-order valence-corrected chi connectivity index (χ0v) is 8.91. The highest BCUT2D eigenvalue weighted by molar-refractivity contribution is 5.90. The summed E-state index contributed by atoms with van der Waals surface area (Å²) in [4.78, 5) is 22.2. The predicted octanol–water partition coefficient (Wildman–Crippen LogP) is 1.04. The molecule has 0 fully saturated rings. The standard InChI is InChI=1S/C10H14N4O2/c1-2-11-9(15)13-14-10(16)12-8-6-4-3-5-7-8/h3-7H,2H2,1H3,(H2,11,13,15)(H2,12,14,16). The summed E-state index contributed by atoms with van der Waals surface area (Å²) < 4.78 is 0. The van der Waals surface area contributed by atoms with Gasteiger partial charge in [-0.1, -0.05) is 18.2 Å². The second-order valence-corrected chi connectivity index (χ2v) is 2.93. The van der Waals surface area contributed by atoms with Gasteiger partial charge in [0.15, 0.2) is 0 Å². The second kappa shape index (κ2) is 6.28. The number of hydrogen-bond acceptors (Lipinski definition) is 2. The van der Waals surface area contributed by atoms with Gasteiger partial charge in [-0.05, 0) is 19.1 Å². The van der Waals surface area contributed by atoms with Gasteiger partial charge < -0.3 is 10.6 Å². The fourth-order valence-corrected chi connectivity index (χ4v) is 1.00. The summed E-state index contributed by atoms with van der Waals surface area (Å²) in [5, 5.41) is 5.02. The minimum Gasteiger partial charge on any atom is -0.337 e. The Bertz CT molecular complexity index is 353. The van der Waals surface area contributed by atoms with Gasteiger partial charge >= 0.3 is 12.1 Å². The number of urea groups is 2. The molecule has 0 aliphatic heterocycles. The molecule has 0 aliphatic carbocycles. The van der Waals surface area contributed by atoms with Gasteiger partial charge in [-0.25, -0.2) is 20.4 Å². The van der Waals surface area contributed by atoms with Gasteiger partial charge in [0, 0.05) is 12.2 Å². The van der Waals surface area contributed by atoms with Gasteiger partial charge in [0.25, 0.3) is 0 Å². The normalized spacial score (nSPS) is 9.06. The van der Waals surface area contributed by atoms with Gasteiger partial charge in [-0.3, -0.25) is 0 Å². The first-order valence-electron chi connectivity index (χ1n) is 4.88. The van der Waals surface area contributed by atoms with E-state index in [0.29, 0.717) is 12.2 Å². The topological polar surface area (TPSA) is 82.3 Å². The van der Waals surface area contributed by atoms with Crippen molar-refractivity contribution in [3.63, 3.8) is 0 Å². The lowest BCUT2D eigenvalue weighted by molar-refractivity contribution is 0.230. The molecule has 0 radical (unpaired) electrons. The van der Waals surface area contributed by atoms with Crippen LogP contribution in [0.4, 0.5) is 15.3 Å². The first-order chi connectivity index (χ1) is 7.72. The Morgan fingerprint density at radius 3 is 2.31 bits per heavy atom. The van der Waals surface area contributed by atoms with Crippen LogP contribution in [0.3, 0.4) is 0 Å². The Hall–Kier alpha value is -2.24. The molecular formula is C10H14N4O2. The summed E-state index contributed by atoms with van der Waals surface area (Å²) in [6.45, 7) is 2.28. The summed E-state index contributed by atoms with van der Waals surface area (Å²) in [7, 11) is 0. The third-order valence-corrected chi connectivity index (χ3v) is 1.66. The summed E-state index contributed by atoms with van der Waals surface area (Å²) in [6, 6.07) is 7.97. The van der Waals surface area contributed by atoms with E-state index in [1.54, 1.807) is 31.2 Å². The van der Waals surface area contributed by atoms with E-state index in [-0.39, 0.29) is 0 Å². The summed E-state index contributed by atoms with van der Waals surface area (Å²) >= 11 is 0. The van der Waals surface area contributed by atoms with E-state index in [1.807, 2.05) is 6.07 Å². The lowest BCUT2D eigenvalue weighted by atomic mass is 10.3. The van der Waals surface area contributed by atoms with Crippen molar-refractivity contribution < 1.29 is 9.59 Å². The Labute approximate surface area is 93.4 Å². The van der Waals surface area contributed by atoms with Gasteiger partial charge in [-0.15, -0.1) is 0 Å². The first-order valence-corrected chi connectivity index (χ1v) is 4.88. The fraction of sp³-hybridized carbons (Fsp3) is 0.200. The smallest absolute Gasteiger partial charge is 0.337 e. The molecule has 1 aromatic rings. The van der Waals surface area contributed by atoms with Crippen LogP contribution >= 0.6 is 0 Å². The average Bonchev–Trinajstić information content (AvgIpc) is 2.28. The monoisotopic (exact) mass is 222 g/mol. The van der Waals surface area contributed by atoms with Gasteiger partial charge in [-0.2, -0.15) is 0 Å². The molecule has 6 nitrogen and oxygen atoms in total. The van der Waals surface area contributed by atoms with Crippen LogP contribution in [-0.4, -0.2) is 18.6 Å². The van der Waals surface area contributed by atoms with E-state index in [1.165, 1.54) is 0 Å². The van der Waals surface area contributed by atoms with E-state index in [2.05, 4.69) is 21.5 Å². The van der Waals surface area contributed by atoms with Crippen molar-refractivity contribution in [2.24, 2.45) is 0 Å². The van der Waals surface area contributed by atoms with Gasteiger partial charge in [0.1, 0.15) is 0 Å². The molecule has 0 saturated carbocycles. The molecule has 0 saturated heterocycles. The highest BCUT2D eigenvalue weighted by atomic mass is 16.2. The van der Waals surface area contributed by atoms with Crippen molar-refractivity contribution in [1.29, 1.82) is 0 Å². The van der Waals surface area contributed by atoms with Crippen molar-refractivity contribution in [3.05, 3.63) is 30.3 Å². The summed E-state index contributed by atoms with van der Waals surface area (Å²) in [5.74, 6) is 0. The maximum atomic E-state index is 11.3. The quantitative estimate of drug-likeness (QED) is 0.564. The number of anilines is 1. The Kier molecular flexibility index (Phi) is 4.65. The molecule has 16 heavy (non-hydrogen) atoms. The molecule has 0 spiro atoms. The molecule has 1 aromatic carbocycles. The largest absolute Gasteiger partial charge is 0.337 e. The Morgan fingerprint density at radius 1 is 1.06 bits per heavy atom. The fourth-order valence-electron chi connectivity index (χ4n) is 1.00. The van der Waals surface area contributed by atoms with E-state index in [4.69, 9.17) is 0 Å². The van der Waals surface area contributed by atoms with Crippen molar-refractivity contribution in [2.45, 2.75) is 6.92 Å². The number of hydrogen-bond donors (Lipinski definition) is 4. The highest BCUT2D eigenvalue weighted by Gasteiger charge is 2.02.